The summed E-state index contributed by atoms with van der Waals surface area (Å²) < 4.78 is 1.84. The van der Waals surface area contributed by atoms with Crippen molar-refractivity contribution >= 4 is 134 Å². The van der Waals surface area contributed by atoms with Crippen LogP contribution in [0.4, 0.5) is 28.1 Å². The zero-order valence-corrected chi connectivity index (χ0v) is 48.2. The summed E-state index contributed by atoms with van der Waals surface area (Å²) in [4.78, 5) is 42.2. The SMILES string of the molecule is CCN(CC)C(=S)SSC(=S)N(CC)CC.CCN(CC)CCCC(C)Nc1ccnc2cc(Cl)ccc12.Cc1nc(Nc2ncc(C(=O)Nc3c(C)cccc3Cl)s2)cc(N2CCN(CCO)CC2)n1. The van der Waals surface area contributed by atoms with Crippen LogP contribution < -0.4 is 20.9 Å². The van der Waals surface area contributed by atoms with Crippen LogP contribution in [0.15, 0.2) is 60.9 Å². The molecule has 2 aromatic carbocycles. The van der Waals surface area contributed by atoms with Gasteiger partial charge in [-0.2, -0.15) is 0 Å². The summed E-state index contributed by atoms with van der Waals surface area (Å²) in [7, 11) is 3.18. The number of nitrogens with zero attached hydrogens (tertiary/aromatic N) is 9. The molecule has 0 saturated carbocycles. The number of aliphatic hydroxyl groups excluding tert-OH is 1. The van der Waals surface area contributed by atoms with Crippen LogP contribution in [0.3, 0.4) is 0 Å². The van der Waals surface area contributed by atoms with E-state index in [1.807, 2.05) is 62.5 Å². The number of halogens is 2. The summed E-state index contributed by atoms with van der Waals surface area (Å²) in [6.45, 7) is 30.4. The van der Waals surface area contributed by atoms with Crippen molar-refractivity contribution in [2.24, 2.45) is 0 Å². The number of hydrogen-bond donors (Lipinski definition) is 4. The van der Waals surface area contributed by atoms with Crippen molar-refractivity contribution in [1.29, 1.82) is 0 Å². The minimum atomic E-state index is -0.267. The van der Waals surface area contributed by atoms with Crippen LogP contribution in [0.1, 0.15) is 82.4 Å². The molecular weight excluding hydrogens is 1030 g/mol. The lowest BCUT2D eigenvalue weighted by molar-refractivity contribution is 0.103. The number of rotatable bonds is 19. The molecule has 71 heavy (non-hydrogen) atoms. The van der Waals surface area contributed by atoms with Crippen molar-refractivity contribution in [2.45, 2.75) is 81.2 Å². The second kappa shape index (κ2) is 31.8. The number of pyridine rings is 1. The van der Waals surface area contributed by atoms with Crippen molar-refractivity contribution in [3.8, 4) is 0 Å². The maximum atomic E-state index is 12.7. The van der Waals surface area contributed by atoms with Gasteiger partial charge in [0.2, 0.25) is 0 Å². The van der Waals surface area contributed by atoms with Crippen molar-refractivity contribution in [1.82, 2.24) is 39.5 Å². The van der Waals surface area contributed by atoms with Crippen LogP contribution in [-0.4, -0.2) is 150 Å². The summed E-state index contributed by atoms with van der Waals surface area (Å²) >= 11 is 24.2. The number of anilines is 5. The molecule has 1 unspecified atom stereocenters. The number of nitrogens with one attached hydrogen (secondary N) is 3. The number of aryl methyl sites for hydroxylation is 2. The van der Waals surface area contributed by atoms with Gasteiger partial charge in [0.15, 0.2) is 5.13 Å². The van der Waals surface area contributed by atoms with Gasteiger partial charge in [-0.3, -0.25) is 14.7 Å². The number of carbonyl (C=O) groups is 1. The van der Waals surface area contributed by atoms with Gasteiger partial charge < -0.3 is 40.7 Å². The van der Waals surface area contributed by atoms with Crippen molar-refractivity contribution in [3.05, 3.63) is 87.2 Å². The lowest BCUT2D eigenvalue weighted by Gasteiger charge is -2.35. The molecule has 14 nitrogen and oxygen atoms in total. The quantitative estimate of drug-likeness (QED) is 0.0460. The summed E-state index contributed by atoms with van der Waals surface area (Å²) in [5, 5.41) is 21.7. The first kappa shape index (κ1) is 59.9. The van der Waals surface area contributed by atoms with Crippen LogP contribution in [0, 0.1) is 13.8 Å². The highest BCUT2D eigenvalue weighted by molar-refractivity contribution is 8.89. The van der Waals surface area contributed by atoms with Crippen LogP contribution in [0.2, 0.25) is 10.0 Å². The van der Waals surface area contributed by atoms with Crippen LogP contribution >= 0.6 is 80.6 Å². The largest absolute Gasteiger partial charge is 0.395 e. The van der Waals surface area contributed by atoms with Gasteiger partial charge in [-0.05, 0) is 138 Å². The lowest BCUT2D eigenvalue weighted by Crippen LogP contribution is -2.47. The van der Waals surface area contributed by atoms with E-state index in [0.717, 1.165) is 114 Å². The Bertz CT molecular complexity index is 2390. The molecule has 1 saturated heterocycles. The predicted octanol–water partition coefficient (Wildman–Crippen LogP) is 11.7. The molecule has 1 atom stereocenters. The molecule has 1 aliphatic heterocycles. The number of para-hydroxylation sites is 1. The first-order valence-corrected chi connectivity index (χ1v) is 28.9. The lowest BCUT2D eigenvalue weighted by atomic mass is 10.1. The highest BCUT2D eigenvalue weighted by Crippen LogP contribution is 2.30. The molecule has 4 N–H and O–H groups in total. The number of aliphatic hydroxyl groups is 1. The molecule has 6 rings (SSSR count). The van der Waals surface area contributed by atoms with E-state index in [1.165, 1.54) is 30.5 Å². The van der Waals surface area contributed by atoms with E-state index in [4.69, 9.17) is 52.7 Å². The second-order valence-electron chi connectivity index (χ2n) is 16.5. The Morgan fingerprint density at radius 2 is 1.54 bits per heavy atom. The number of benzene rings is 2. The number of β-amino-alcohol motifs (C(OH)–C–C–N with tert-alkyl or cyclic N) is 1. The number of aromatic nitrogens is 4. The summed E-state index contributed by atoms with van der Waals surface area (Å²) in [6.07, 6.45) is 5.74. The third kappa shape index (κ3) is 19.6. The molecule has 0 radical (unpaired) electrons. The van der Waals surface area contributed by atoms with E-state index in [9.17, 15) is 4.79 Å². The molecule has 5 aromatic rings. The van der Waals surface area contributed by atoms with Gasteiger partial charge in [-0.1, -0.05) is 85.0 Å². The van der Waals surface area contributed by atoms with Gasteiger partial charge in [0.1, 0.15) is 31.0 Å². The molecule has 1 amide bonds. The standard InChI is InChI=1S/C22H26ClN7O2S.C18H26ClN3.C10H20N2S4/c1-14-4-3-5-16(23)20(14)28-21(32)17-13-24-22(33-17)27-18-12-19(26-15(2)25-18)30-8-6-29(7-9-30)10-11-31;1-4-22(5-2)12-6-7-14(3)21-17-10-11-20-18-13-15(19)8-9-16(17)18;1-5-11(6-2)9(13)15-16-10(14)12(7-3)8-4/h3-5,12-13,31H,6-11H2,1-2H3,(H,28,32)(H,24,25,26,27);8-11,13-14H,4-7,12H2,1-3H3,(H,20,21);5-8H2,1-4H3. The maximum Gasteiger partial charge on any atom is 0.267 e. The number of fused-ring (bicyclic) bond motifs is 1. The van der Waals surface area contributed by atoms with Gasteiger partial charge in [0.25, 0.3) is 5.91 Å². The number of hydrogen-bond acceptors (Lipinski definition) is 16. The van der Waals surface area contributed by atoms with Crippen molar-refractivity contribution in [3.63, 3.8) is 0 Å². The Kier molecular flexibility index (Phi) is 26.9. The fourth-order valence-electron chi connectivity index (χ4n) is 7.52. The Hall–Kier alpha value is -3.63. The third-order valence-electron chi connectivity index (χ3n) is 11.7. The highest BCUT2D eigenvalue weighted by atomic mass is 35.5. The van der Waals surface area contributed by atoms with E-state index in [0.29, 0.717) is 44.9 Å². The molecule has 4 heterocycles. The average Bonchev–Trinajstić information content (AvgIpc) is 3.83. The molecule has 1 aliphatic rings. The van der Waals surface area contributed by atoms with E-state index in [2.05, 4.69) is 109 Å². The summed E-state index contributed by atoms with van der Waals surface area (Å²) in [5.41, 5.74) is 3.56. The molecule has 1 fully saturated rings. The third-order valence-corrected chi connectivity index (χ3v) is 16.9. The monoisotopic (exact) mass is 1100 g/mol. The number of thiocarbonyl (C=S) groups is 2. The van der Waals surface area contributed by atoms with Crippen molar-refractivity contribution < 1.29 is 9.90 Å². The van der Waals surface area contributed by atoms with Crippen LogP contribution in [-0.2, 0) is 0 Å². The molecule has 3 aromatic heterocycles. The number of amides is 1. The fraction of sp³-hybridized carbons (Fsp3) is 0.500. The van der Waals surface area contributed by atoms with Crippen LogP contribution in [0.5, 0.6) is 0 Å². The van der Waals surface area contributed by atoms with Crippen molar-refractivity contribution in [2.75, 3.05) is 106 Å². The Morgan fingerprint density at radius 1 is 0.873 bits per heavy atom. The minimum Gasteiger partial charge on any atom is -0.395 e. The number of carbonyl (C=O) groups excluding carboxylic acids is 1. The summed E-state index contributed by atoms with van der Waals surface area (Å²) in [6, 6.07) is 15.7. The van der Waals surface area contributed by atoms with E-state index in [-0.39, 0.29) is 12.5 Å². The summed E-state index contributed by atoms with van der Waals surface area (Å²) in [5.74, 6) is 1.85. The van der Waals surface area contributed by atoms with E-state index in [1.54, 1.807) is 27.7 Å². The van der Waals surface area contributed by atoms with Gasteiger partial charge in [-0.25, -0.2) is 15.0 Å². The first-order valence-electron chi connectivity index (χ1n) is 24.4. The van der Waals surface area contributed by atoms with Crippen LogP contribution in [0.25, 0.3) is 10.9 Å². The molecule has 0 spiro atoms. The molecule has 0 aliphatic carbocycles. The van der Waals surface area contributed by atoms with E-state index < -0.39 is 0 Å². The molecule has 388 valence electrons. The average molecular weight is 1100 g/mol. The fourth-order valence-corrected chi connectivity index (χ4v) is 11.7. The van der Waals surface area contributed by atoms with Gasteiger partial charge in [0, 0.05) is 93.3 Å². The van der Waals surface area contributed by atoms with Gasteiger partial charge in [0.05, 0.1) is 29.0 Å². The molecule has 21 heteroatoms. The molecular formula is C50H72Cl2N12O2S5. The Morgan fingerprint density at radius 3 is 2.14 bits per heavy atom. The second-order valence-corrected chi connectivity index (χ2v) is 21.8. The molecule has 0 bridgehead atoms. The predicted molar refractivity (Wildman–Crippen MR) is 315 cm³/mol. The smallest absolute Gasteiger partial charge is 0.267 e. The Labute approximate surface area is 454 Å². The normalized spacial score (nSPS) is 12.9. The highest BCUT2D eigenvalue weighted by Gasteiger charge is 2.20. The topological polar surface area (TPSA) is 141 Å². The number of piperazine rings is 1. The maximum absolute atomic E-state index is 12.7. The van der Waals surface area contributed by atoms with E-state index >= 15 is 0 Å². The van der Waals surface area contributed by atoms with Gasteiger partial charge >= 0.3 is 0 Å². The zero-order chi connectivity index (χ0) is 51.9. The van der Waals surface area contributed by atoms with Gasteiger partial charge in [-0.15, -0.1) is 0 Å². The first-order chi connectivity index (χ1) is 34.2. The number of thiazole rings is 1. The Balaban J connectivity index is 0.000000250. The minimum absolute atomic E-state index is 0.173. The zero-order valence-electron chi connectivity index (χ0n) is 42.6.